The predicted octanol–water partition coefficient (Wildman–Crippen LogP) is 1.81. The van der Waals surface area contributed by atoms with E-state index in [0.29, 0.717) is 6.54 Å². The molecule has 3 N–H and O–H groups in total. The average molecular weight is 224 g/mol. The normalized spacial score (nSPS) is 24.1. The minimum atomic E-state index is -0.174. The number of amides is 1. The Kier molecular flexibility index (Phi) is 3.85. The maximum Gasteiger partial charge on any atom is 0.227 e. The molecule has 3 heteroatoms. The quantitative estimate of drug-likeness (QED) is 0.748. The van der Waals surface area contributed by atoms with E-state index in [2.05, 4.69) is 5.32 Å². The van der Waals surface area contributed by atoms with Crippen molar-refractivity contribution in [3.05, 3.63) is 0 Å². The Morgan fingerprint density at radius 3 is 2.50 bits per heavy atom. The van der Waals surface area contributed by atoms with Crippen LogP contribution in [0, 0.1) is 11.3 Å². The van der Waals surface area contributed by atoms with Gasteiger partial charge in [0.15, 0.2) is 0 Å². The van der Waals surface area contributed by atoms with Crippen molar-refractivity contribution in [1.82, 2.24) is 5.32 Å². The number of carbonyl (C=O) groups excluding carboxylic acids is 1. The molecular weight excluding hydrogens is 200 g/mol. The maximum atomic E-state index is 11.8. The molecule has 2 fully saturated rings. The molecule has 92 valence electrons. The molecule has 2 aliphatic rings. The Bertz CT molecular complexity index is 242. The fourth-order valence-electron chi connectivity index (χ4n) is 2.73. The van der Waals surface area contributed by atoms with Gasteiger partial charge in [-0.1, -0.05) is 32.1 Å². The summed E-state index contributed by atoms with van der Waals surface area (Å²) >= 11 is 0. The molecule has 3 nitrogen and oxygen atoms in total. The molecular formula is C13H24N2O. The molecule has 0 bridgehead atoms. The highest BCUT2D eigenvalue weighted by molar-refractivity contribution is 5.85. The van der Waals surface area contributed by atoms with Gasteiger partial charge in [-0.15, -0.1) is 0 Å². The van der Waals surface area contributed by atoms with E-state index in [1.807, 2.05) is 0 Å². The number of nitrogens with one attached hydrogen (secondary N) is 1. The van der Waals surface area contributed by atoms with Gasteiger partial charge >= 0.3 is 0 Å². The second-order valence-electron chi connectivity index (χ2n) is 5.53. The SMILES string of the molecule is NCC1(C(=O)NCCC2CCCCC2)CC1. The Hall–Kier alpha value is -0.570. The number of hydrogen-bond acceptors (Lipinski definition) is 2. The van der Waals surface area contributed by atoms with E-state index in [-0.39, 0.29) is 11.3 Å². The highest BCUT2D eigenvalue weighted by Gasteiger charge is 2.48. The minimum Gasteiger partial charge on any atom is -0.356 e. The lowest BCUT2D eigenvalue weighted by molar-refractivity contribution is -0.126. The highest BCUT2D eigenvalue weighted by atomic mass is 16.2. The van der Waals surface area contributed by atoms with Crippen LogP contribution in [0.5, 0.6) is 0 Å². The molecule has 16 heavy (non-hydrogen) atoms. The minimum absolute atomic E-state index is 0.174. The Morgan fingerprint density at radius 1 is 1.25 bits per heavy atom. The zero-order valence-corrected chi connectivity index (χ0v) is 10.1. The molecule has 0 saturated heterocycles. The van der Waals surface area contributed by atoms with Crippen molar-refractivity contribution in [2.24, 2.45) is 17.1 Å². The van der Waals surface area contributed by atoms with Crippen LogP contribution in [0.3, 0.4) is 0 Å². The number of rotatable bonds is 5. The van der Waals surface area contributed by atoms with Crippen molar-refractivity contribution in [1.29, 1.82) is 0 Å². The average Bonchev–Trinajstić information content (AvgIpc) is 3.11. The standard InChI is InChI=1S/C13H24N2O/c14-10-13(7-8-13)12(16)15-9-6-11-4-2-1-3-5-11/h11H,1-10,14H2,(H,15,16). The van der Waals surface area contributed by atoms with E-state index in [1.165, 1.54) is 32.1 Å². The largest absolute Gasteiger partial charge is 0.356 e. The molecule has 0 aromatic rings. The van der Waals surface area contributed by atoms with Gasteiger partial charge in [-0.2, -0.15) is 0 Å². The summed E-state index contributed by atoms with van der Waals surface area (Å²) in [6.07, 6.45) is 10.0. The van der Waals surface area contributed by atoms with E-state index in [4.69, 9.17) is 5.73 Å². The summed E-state index contributed by atoms with van der Waals surface area (Å²) in [5, 5.41) is 3.06. The van der Waals surface area contributed by atoms with Gasteiger partial charge in [-0.3, -0.25) is 4.79 Å². The van der Waals surface area contributed by atoms with Gasteiger partial charge in [0.2, 0.25) is 5.91 Å². The zero-order chi connectivity index (χ0) is 11.4. The van der Waals surface area contributed by atoms with E-state index < -0.39 is 0 Å². The van der Waals surface area contributed by atoms with E-state index in [0.717, 1.165) is 31.7 Å². The van der Waals surface area contributed by atoms with Crippen LogP contribution in [0.25, 0.3) is 0 Å². The van der Waals surface area contributed by atoms with Gasteiger partial charge in [-0.25, -0.2) is 0 Å². The molecule has 0 radical (unpaired) electrons. The van der Waals surface area contributed by atoms with Gasteiger partial charge in [0.05, 0.1) is 5.41 Å². The first kappa shape index (κ1) is 11.9. The maximum absolute atomic E-state index is 11.8. The summed E-state index contributed by atoms with van der Waals surface area (Å²) in [6.45, 7) is 1.37. The summed E-state index contributed by atoms with van der Waals surface area (Å²) in [4.78, 5) is 11.8. The predicted molar refractivity (Wildman–Crippen MR) is 64.9 cm³/mol. The fraction of sp³-hybridized carbons (Fsp3) is 0.923. The summed E-state index contributed by atoms with van der Waals surface area (Å²) in [7, 11) is 0. The van der Waals surface area contributed by atoms with Crippen LogP contribution in [0.15, 0.2) is 0 Å². The summed E-state index contributed by atoms with van der Waals surface area (Å²) < 4.78 is 0. The van der Waals surface area contributed by atoms with Crippen LogP contribution in [0.2, 0.25) is 0 Å². The summed E-state index contributed by atoms with van der Waals surface area (Å²) in [6, 6.07) is 0. The van der Waals surface area contributed by atoms with Crippen molar-refractivity contribution < 1.29 is 4.79 Å². The molecule has 2 rings (SSSR count). The number of carbonyl (C=O) groups is 1. The second kappa shape index (κ2) is 5.17. The zero-order valence-electron chi connectivity index (χ0n) is 10.1. The Labute approximate surface area is 98.2 Å². The van der Waals surface area contributed by atoms with E-state index >= 15 is 0 Å². The molecule has 0 aromatic heterocycles. The monoisotopic (exact) mass is 224 g/mol. The smallest absolute Gasteiger partial charge is 0.227 e. The first-order chi connectivity index (χ1) is 7.77. The van der Waals surface area contributed by atoms with Crippen LogP contribution in [0.4, 0.5) is 0 Å². The molecule has 0 spiro atoms. The lowest BCUT2D eigenvalue weighted by Crippen LogP contribution is -2.37. The van der Waals surface area contributed by atoms with Crippen LogP contribution in [-0.4, -0.2) is 19.0 Å². The Balaban J connectivity index is 1.62. The molecule has 0 aliphatic heterocycles. The van der Waals surface area contributed by atoms with E-state index in [1.54, 1.807) is 0 Å². The van der Waals surface area contributed by atoms with Gasteiger partial charge in [0, 0.05) is 13.1 Å². The third kappa shape index (κ3) is 2.76. The first-order valence-corrected chi connectivity index (χ1v) is 6.75. The molecule has 0 atom stereocenters. The molecule has 1 amide bonds. The van der Waals surface area contributed by atoms with Crippen molar-refractivity contribution in [3.8, 4) is 0 Å². The first-order valence-electron chi connectivity index (χ1n) is 6.75. The molecule has 0 heterocycles. The Morgan fingerprint density at radius 2 is 1.94 bits per heavy atom. The molecule has 2 aliphatic carbocycles. The third-order valence-electron chi connectivity index (χ3n) is 4.29. The van der Waals surface area contributed by atoms with Gasteiger partial charge in [0.1, 0.15) is 0 Å². The molecule has 0 aromatic carbocycles. The second-order valence-corrected chi connectivity index (χ2v) is 5.53. The highest BCUT2D eigenvalue weighted by Crippen LogP contribution is 2.44. The van der Waals surface area contributed by atoms with Crippen LogP contribution >= 0.6 is 0 Å². The van der Waals surface area contributed by atoms with Crippen molar-refractivity contribution in [2.75, 3.05) is 13.1 Å². The number of nitrogens with two attached hydrogens (primary N) is 1. The van der Waals surface area contributed by atoms with Gasteiger partial charge in [0.25, 0.3) is 0 Å². The van der Waals surface area contributed by atoms with Crippen molar-refractivity contribution in [3.63, 3.8) is 0 Å². The van der Waals surface area contributed by atoms with Crippen LogP contribution < -0.4 is 11.1 Å². The third-order valence-corrected chi connectivity index (χ3v) is 4.29. The lowest BCUT2D eigenvalue weighted by Gasteiger charge is -2.22. The summed E-state index contributed by atoms with van der Waals surface area (Å²) in [5.41, 5.74) is 5.45. The lowest BCUT2D eigenvalue weighted by atomic mass is 9.87. The van der Waals surface area contributed by atoms with Crippen molar-refractivity contribution in [2.45, 2.75) is 51.4 Å². The van der Waals surface area contributed by atoms with Gasteiger partial charge < -0.3 is 11.1 Å². The van der Waals surface area contributed by atoms with Crippen LogP contribution in [-0.2, 0) is 4.79 Å². The molecule has 2 saturated carbocycles. The van der Waals surface area contributed by atoms with Gasteiger partial charge in [-0.05, 0) is 25.2 Å². The van der Waals surface area contributed by atoms with Crippen LogP contribution in [0.1, 0.15) is 51.4 Å². The topological polar surface area (TPSA) is 55.1 Å². The number of hydrogen-bond donors (Lipinski definition) is 2. The van der Waals surface area contributed by atoms with E-state index in [9.17, 15) is 4.79 Å². The molecule has 0 unspecified atom stereocenters. The fourth-order valence-corrected chi connectivity index (χ4v) is 2.73. The summed E-state index contributed by atoms with van der Waals surface area (Å²) in [5.74, 6) is 1.05. The van der Waals surface area contributed by atoms with Crippen molar-refractivity contribution >= 4 is 5.91 Å².